The highest BCUT2D eigenvalue weighted by molar-refractivity contribution is 6.01. The van der Waals surface area contributed by atoms with E-state index in [1.165, 1.54) is 12.3 Å². The summed E-state index contributed by atoms with van der Waals surface area (Å²) in [6.45, 7) is 1.15. The number of fused-ring (bicyclic) bond motifs is 1. The SMILES string of the molecule is Cl.NC1(OC(=O)O)CCN(C(=O)c2cnn3ccc(N4CCC[C@@H]4c4cc(F)ccc4F)cc23)CC1. The zero-order chi connectivity index (χ0) is 24.7. The van der Waals surface area contributed by atoms with E-state index >= 15 is 0 Å². The van der Waals surface area contributed by atoms with Crippen LogP contribution in [0.1, 0.15) is 47.6 Å². The Morgan fingerprint density at radius 2 is 1.89 bits per heavy atom. The molecule has 1 aromatic carbocycles. The number of likely N-dealkylation sites (tertiary alicyclic amines) is 1. The van der Waals surface area contributed by atoms with E-state index in [-0.39, 0.29) is 50.3 Å². The molecule has 9 nitrogen and oxygen atoms in total. The van der Waals surface area contributed by atoms with Crippen molar-refractivity contribution in [1.29, 1.82) is 0 Å². The number of hydrogen-bond donors (Lipinski definition) is 2. The van der Waals surface area contributed by atoms with Gasteiger partial charge in [0.15, 0.2) is 5.72 Å². The average molecular weight is 522 g/mol. The van der Waals surface area contributed by atoms with Crippen LogP contribution in [0.2, 0.25) is 0 Å². The Morgan fingerprint density at radius 1 is 1.14 bits per heavy atom. The monoisotopic (exact) mass is 521 g/mol. The first kappa shape index (κ1) is 25.6. The van der Waals surface area contributed by atoms with Gasteiger partial charge in [0.25, 0.3) is 5.91 Å². The molecule has 2 aliphatic heterocycles. The van der Waals surface area contributed by atoms with Crippen LogP contribution in [-0.2, 0) is 4.74 Å². The van der Waals surface area contributed by atoms with Gasteiger partial charge in [-0.05, 0) is 43.2 Å². The van der Waals surface area contributed by atoms with Gasteiger partial charge in [0.1, 0.15) is 11.6 Å². The number of pyridine rings is 1. The smallest absolute Gasteiger partial charge is 0.450 e. The molecule has 3 N–H and O–H groups in total. The number of nitrogens with zero attached hydrogens (tertiary/aromatic N) is 4. The van der Waals surface area contributed by atoms with E-state index in [2.05, 4.69) is 5.10 Å². The normalized spacial score (nSPS) is 19.2. The van der Waals surface area contributed by atoms with E-state index in [1.54, 1.807) is 15.6 Å². The van der Waals surface area contributed by atoms with Crippen molar-refractivity contribution in [2.45, 2.75) is 37.5 Å². The first-order chi connectivity index (χ1) is 16.7. The number of piperidine rings is 1. The number of amides is 1. The summed E-state index contributed by atoms with van der Waals surface area (Å²) in [5.74, 6) is -1.18. The summed E-state index contributed by atoms with van der Waals surface area (Å²) < 4.78 is 34.7. The van der Waals surface area contributed by atoms with Gasteiger partial charge in [-0.25, -0.2) is 18.1 Å². The third kappa shape index (κ3) is 4.80. The van der Waals surface area contributed by atoms with Crippen molar-refractivity contribution in [2.24, 2.45) is 5.73 Å². The van der Waals surface area contributed by atoms with E-state index in [9.17, 15) is 18.4 Å². The second-order valence-corrected chi connectivity index (χ2v) is 9.02. The molecule has 0 spiro atoms. The van der Waals surface area contributed by atoms with Gasteiger partial charge in [-0.3, -0.25) is 10.5 Å². The lowest BCUT2D eigenvalue weighted by Gasteiger charge is -2.37. The number of nitrogens with two attached hydrogens (primary N) is 1. The molecule has 1 atom stereocenters. The number of benzene rings is 1. The molecule has 4 heterocycles. The number of ether oxygens (including phenoxy) is 1. The van der Waals surface area contributed by atoms with Gasteiger partial charge in [0.2, 0.25) is 0 Å². The summed E-state index contributed by atoms with van der Waals surface area (Å²) in [4.78, 5) is 27.8. The van der Waals surface area contributed by atoms with Gasteiger partial charge in [-0.2, -0.15) is 5.10 Å². The molecule has 0 saturated carbocycles. The fraction of sp³-hybridized carbons (Fsp3) is 0.375. The summed E-state index contributed by atoms with van der Waals surface area (Å²) in [5, 5.41) is 13.2. The summed E-state index contributed by atoms with van der Waals surface area (Å²) in [7, 11) is 0. The average Bonchev–Trinajstić information content (AvgIpc) is 3.47. The molecule has 2 saturated heterocycles. The number of halogens is 3. The molecule has 0 aliphatic carbocycles. The molecule has 2 fully saturated rings. The van der Waals surface area contributed by atoms with E-state index < -0.39 is 23.5 Å². The van der Waals surface area contributed by atoms with E-state index in [1.807, 2.05) is 17.0 Å². The number of carbonyl (C=O) groups is 2. The predicted molar refractivity (Wildman–Crippen MR) is 129 cm³/mol. The van der Waals surface area contributed by atoms with Gasteiger partial charge in [-0.1, -0.05) is 0 Å². The summed E-state index contributed by atoms with van der Waals surface area (Å²) >= 11 is 0. The Morgan fingerprint density at radius 3 is 2.61 bits per heavy atom. The number of carboxylic acid groups (broad SMARTS) is 1. The second kappa shape index (κ2) is 9.90. The molecule has 12 heteroatoms. The molecular formula is C24H26ClF2N5O4. The minimum absolute atomic E-state index is 0. The molecule has 2 aromatic heterocycles. The van der Waals surface area contributed by atoms with E-state index in [4.69, 9.17) is 15.6 Å². The van der Waals surface area contributed by atoms with Gasteiger partial charge in [0, 0.05) is 49.9 Å². The number of aromatic nitrogens is 2. The predicted octanol–water partition coefficient (Wildman–Crippen LogP) is 3.96. The summed E-state index contributed by atoms with van der Waals surface area (Å²) in [6.07, 6.45) is 3.66. The maximum Gasteiger partial charge on any atom is 0.507 e. The summed E-state index contributed by atoms with van der Waals surface area (Å²) in [5.41, 5.74) is 6.76. The van der Waals surface area contributed by atoms with Crippen LogP contribution in [0.25, 0.3) is 5.52 Å². The van der Waals surface area contributed by atoms with Crippen molar-refractivity contribution in [2.75, 3.05) is 24.5 Å². The molecule has 3 aromatic rings. The van der Waals surface area contributed by atoms with Crippen molar-refractivity contribution >= 4 is 35.7 Å². The maximum absolute atomic E-state index is 14.5. The molecule has 2 aliphatic rings. The number of anilines is 1. The van der Waals surface area contributed by atoms with Crippen LogP contribution in [0, 0.1) is 11.6 Å². The third-order valence-corrected chi connectivity index (χ3v) is 6.82. The van der Waals surface area contributed by atoms with E-state index in [0.29, 0.717) is 29.6 Å². The summed E-state index contributed by atoms with van der Waals surface area (Å²) in [6, 6.07) is 6.86. The minimum Gasteiger partial charge on any atom is -0.450 e. The van der Waals surface area contributed by atoms with Crippen LogP contribution in [0.3, 0.4) is 0 Å². The number of hydrogen-bond acceptors (Lipinski definition) is 6. The van der Waals surface area contributed by atoms with Crippen molar-refractivity contribution < 1.29 is 28.2 Å². The lowest BCUT2D eigenvalue weighted by Crippen LogP contribution is -2.54. The highest BCUT2D eigenvalue weighted by Crippen LogP contribution is 2.38. The Hall–Kier alpha value is -3.44. The van der Waals surface area contributed by atoms with Gasteiger partial charge < -0.3 is 19.6 Å². The van der Waals surface area contributed by atoms with Gasteiger partial charge in [0.05, 0.1) is 23.3 Å². The van der Waals surface area contributed by atoms with Crippen LogP contribution in [0.15, 0.2) is 42.7 Å². The lowest BCUT2D eigenvalue weighted by molar-refractivity contribution is -0.0480. The Kier molecular flexibility index (Phi) is 7.05. The van der Waals surface area contributed by atoms with Crippen LogP contribution < -0.4 is 10.6 Å². The lowest BCUT2D eigenvalue weighted by atomic mass is 10.0. The molecule has 0 bridgehead atoms. The molecule has 1 amide bonds. The standard InChI is InChI=1S/C24H25F2N5O4.ClH/c25-15-3-4-19(26)17(12-15)20-2-1-8-30(20)16-5-9-31-21(13-16)18(14-28-31)22(32)29-10-6-24(27,7-11-29)35-23(33)34;/h3-5,9,12-14,20H,1-2,6-8,10-11,27H2,(H,33,34);1H/t20-;/m1./s1. The molecule has 0 radical (unpaired) electrons. The highest BCUT2D eigenvalue weighted by Gasteiger charge is 2.37. The number of rotatable bonds is 4. The highest BCUT2D eigenvalue weighted by atomic mass is 35.5. The molecule has 192 valence electrons. The van der Waals surface area contributed by atoms with Crippen LogP contribution in [-0.4, -0.2) is 57.0 Å². The fourth-order valence-corrected chi connectivity index (χ4v) is 5.02. The minimum atomic E-state index is -1.44. The molecular weight excluding hydrogens is 496 g/mol. The van der Waals surface area contributed by atoms with Crippen molar-refractivity contribution in [3.05, 3.63) is 65.5 Å². The van der Waals surface area contributed by atoms with Crippen molar-refractivity contribution in [3.63, 3.8) is 0 Å². The number of carbonyl (C=O) groups excluding carboxylic acids is 1. The third-order valence-electron chi connectivity index (χ3n) is 6.82. The first-order valence-electron chi connectivity index (χ1n) is 11.4. The molecule has 5 rings (SSSR count). The Bertz CT molecular complexity index is 1290. The fourth-order valence-electron chi connectivity index (χ4n) is 5.02. The van der Waals surface area contributed by atoms with Crippen LogP contribution >= 0.6 is 12.4 Å². The Labute approximate surface area is 211 Å². The van der Waals surface area contributed by atoms with Crippen LogP contribution in [0.5, 0.6) is 0 Å². The maximum atomic E-state index is 14.5. The largest absolute Gasteiger partial charge is 0.507 e. The topological polar surface area (TPSA) is 113 Å². The van der Waals surface area contributed by atoms with Crippen LogP contribution in [0.4, 0.5) is 19.3 Å². The molecule has 0 unspecified atom stereocenters. The van der Waals surface area contributed by atoms with Gasteiger partial charge >= 0.3 is 6.16 Å². The van der Waals surface area contributed by atoms with Crippen molar-refractivity contribution in [3.8, 4) is 0 Å². The van der Waals surface area contributed by atoms with Crippen molar-refractivity contribution in [1.82, 2.24) is 14.5 Å². The quantitative estimate of drug-likeness (QED) is 0.394. The zero-order valence-corrected chi connectivity index (χ0v) is 20.1. The molecule has 36 heavy (non-hydrogen) atoms. The van der Waals surface area contributed by atoms with E-state index in [0.717, 1.165) is 24.2 Å². The van der Waals surface area contributed by atoms with Gasteiger partial charge in [-0.15, -0.1) is 12.4 Å². The second-order valence-electron chi connectivity index (χ2n) is 9.02. The Balaban J connectivity index is 0.00000304. The zero-order valence-electron chi connectivity index (χ0n) is 19.3. The first-order valence-corrected chi connectivity index (χ1v) is 11.4.